The Morgan fingerprint density at radius 3 is 2.79 bits per heavy atom. The monoisotopic (exact) mass is 452 g/mol. The smallest absolute Gasteiger partial charge is 0.248 e. The minimum atomic E-state index is -0.742. The molecule has 2 aromatic heterocycles. The molecule has 2 fully saturated rings. The van der Waals surface area contributed by atoms with E-state index < -0.39 is 23.6 Å². The van der Waals surface area contributed by atoms with Crippen molar-refractivity contribution in [1.82, 2.24) is 30.2 Å². The molecular formula is C24H32N6O3. The van der Waals surface area contributed by atoms with Crippen LogP contribution in [0.3, 0.4) is 0 Å². The van der Waals surface area contributed by atoms with Crippen LogP contribution in [0.25, 0.3) is 6.08 Å². The quantitative estimate of drug-likeness (QED) is 0.664. The molecule has 0 radical (unpaired) electrons. The van der Waals surface area contributed by atoms with Gasteiger partial charge < -0.3 is 15.3 Å². The SMILES string of the molecule is CC(C)(C)[C@@H](C(=O)N1CC(O)CC1C(=O)NC/C=C/c1cccnc1)n1cc(C2CC2)nn1. The first-order valence-corrected chi connectivity index (χ1v) is 11.5. The molecule has 1 saturated heterocycles. The number of hydrogen-bond acceptors (Lipinski definition) is 6. The molecule has 0 aromatic carbocycles. The van der Waals surface area contributed by atoms with Gasteiger partial charge in [0.25, 0.3) is 0 Å². The highest BCUT2D eigenvalue weighted by Crippen LogP contribution is 2.40. The number of aliphatic hydroxyl groups excluding tert-OH is 1. The zero-order valence-electron chi connectivity index (χ0n) is 19.4. The molecule has 33 heavy (non-hydrogen) atoms. The molecule has 2 N–H and O–H groups in total. The second-order valence-electron chi connectivity index (χ2n) is 10.00. The number of pyridine rings is 1. The van der Waals surface area contributed by atoms with Gasteiger partial charge in [0.15, 0.2) is 0 Å². The van der Waals surface area contributed by atoms with E-state index in [0.717, 1.165) is 24.1 Å². The van der Waals surface area contributed by atoms with Crippen LogP contribution < -0.4 is 5.32 Å². The molecule has 9 nitrogen and oxygen atoms in total. The summed E-state index contributed by atoms with van der Waals surface area (Å²) in [5, 5.41) is 21.7. The Kier molecular flexibility index (Phi) is 6.60. The third-order valence-electron chi connectivity index (χ3n) is 6.10. The number of carbonyl (C=O) groups excluding carboxylic acids is 2. The van der Waals surface area contributed by atoms with E-state index in [1.165, 1.54) is 4.90 Å². The number of aromatic nitrogens is 4. The van der Waals surface area contributed by atoms with Crippen LogP contribution in [0.5, 0.6) is 0 Å². The van der Waals surface area contributed by atoms with Crippen molar-refractivity contribution in [2.75, 3.05) is 13.1 Å². The summed E-state index contributed by atoms with van der Waals surface area (Å²) >= 11 is 0. The Morgan fingerprint density at radius 2 is 2.12 bits per heavy atom. The van der Waals surface area contributed by atoms with Gasteiger partial charge in [-0.3, -0.25) is 14.6 Å². The summed E-state index contributed by atoms with van der Waals surface area (Å²) in [6.45, 7) is 6.36. The predicted octanol–water partition coefficient (Wildman–Crippen LogP) is 1.93. The van der Waals surface area contributed by atoms with Crippen molar-refractivity contribution in [3.05, 3.63) is 48.1 Å². The maximum absolute atomic E-state index is 13.7. The standard InChI is InChI=1S/C24H32N6O3/c1-24(2,3)21(30-15-19(27-28-30)17-8-9-17)23(33)29-14-18(31)12-20(29)22(32)26-11-5-7-16-6-4-10-25-13-16/h4-7,10,13,15,17-18,20-21,31H,8-9,11-12,14H2,1-3H3,(H,26,32)/b7-5+/t18?,20?,21-/m1/s1. The Balaban J connectivity index is 1.45. The normalized spacial score (nSPS) is 22.0. The fourth-order valence-corrected chi connectivity index (χ4v) is 4.27. The highest BCUT2D eigenvalue weighted by atomic mass is 16.3. The molecule has 1 saturated carbocycles. The van der Waals surface area contributed by atoms with E-state index in [4.69, 9.17) is 0 Å². The summed E-state index contributed by atoms with van der Waals surface area (Å²) in [7, 11) is 0. The molecule has 176 valence electrons. The summed E-state index contributed by atoms with van der Waals surface area (Å²) in [5.41, 5.74) is 1.39. The third-order valence-corrected chi connectivity index (χ3v) is 6.10. The van der Waals surface area contributed by atoms with E-state index in [1.54, 1.807) is 17.1 Å². The molecular weight excluding hydrogens is 420 g/mol. The van der Waals surface area contributed by atoms with Crippen LogP contribution in [0.1, 0.15) is 63.3 Å². The first-order chi connectivity index (χ1) is 15.7. The van der Waals surface area contributed by atoms with Crippen molar-refractivity contribution in [2.24, 2.45) is 5.41 Å². The molecule has 4 rings (SSSR count). The maximum atomic E-state index is 13.7. The van der Waals surface area contributed by atoms with E-state index >= 15 is 0 Å². The lowest BCUT2D eigenvalue weighted by Crippen LogP contribution is -2.50. The van der Waals surface area contributed by atoms with Crippen molar-refractivity contribution >= 4 is 17.9 Å². The fourth-order valence-electron chi connectivity index (χ4n) is 4.27. The molecule has 1 aliphatic carbocycles. The molecule has 3 heterocycles. The van der Waals surface area contributed by atoms with Crippen LogP contribution in [0, 0.1) is 5.41 Å². The van der Waals surface area contributed by atoms with Crippen LogP contribution in [-0.2, 0) is 9.59 Å². The Morgan fingerprint density at radius 1 is 1.33 bits per heavy atom. The Bertz CT molecular complexity index is 1010. The second kappa shape index (κ2) is 9.43. The zero-order valence-corrected chi connectivity index (χ0v) is 19.4. The van der Waals surface area contributed by atoms with Gasteiger partial charge in [-0.2, -0.15) is 0 Å². The highest BCUT2D eigenvalue weighted by Gasteiger charge is 2.45. The van der Waals surface area contributed by atoms with Gasteiger partial charge in [-0.05, 0) is 29.9 Å². The predicted molar refractivity (Wildman–Crippen MR) is 123 cm³/mol. The maximum Gasteiger partial charge on any atom is 0.248 e. The topological polar surface area (TPSA) is 113 Å². The van der Waals surface area contributed by atoms with E-state index in [-0.39, 0.29) is 24.8 Å². The van der Waals surface area contributed by atoms with Gasteiger partial charge in [-0.1, -0.05) is 44.2 Å². The number of amides is 2. The molecule has 0 bridgehead atoms. The number of nitrogens with zero attached hydrogens (tertiary/aromatic N) is 5. The van der Waals surface area contributed by atoms with Crippen molar-refractivity contribution < 1.29 is 14.7 Å². The van der Waals surface area contributed by atoms with Gasteiger partial charge in [0.2, 0.25) is 11.8 Å². The van der Waals surface area contributed by atoms with Gasteiger partial charge in [-0.15, -0.1) is 5.10 Å². The third kappa shape index (κ3) is 5.47. The average Bonchev–Trinajstić information content (AvgIpc) is 3.38. The van der Waals surface area contributed by atoms with Gasteiger partial charge in [-0.25, -0.2) is 4.68 Å². The molecule has 2 aromatic rings. The van der Waals surface area contributed by atoms with Crippen LogP contribution in [0.15, 0.2) is 36.8 Å². The van der Waals surface area contributed by atoms with E-state index in [9.17, 15) is 14.7 Å². The van der Waals surface area contributed by atoms with Gasteiger partial charge >= 0.3 is 0 Å². The van der Waals surface area contributed by atoms with Crippen LogP contribution >= 0.6 is 0 Å². The Labute approximate surface area is 193 Å². The van der Waals surface area contributed by atoms with Crippen LogP contribution in [-0.4, -0.2) is 67.0 Å². The van der Waals surface area contributed by atoms with E-state index in [1.807, 2.05) is 51.3 Å². The minimum Gasteiger partial charge on any atom is -0.391 e. The lowest BCUT2D eigenvalue weighted by atomic mass is 9.85. The first kappa shape index (κ1) is 23.1. The number of likely N-dealkylation sites (tertiary alicyclic amines) is 1. The van der Waals surface area contributed by atoms with Crippen molar-refractivity contribution in [2.45, 2.75) is 64.1 Å². The summed E-state index contributed by atoms with van der Waals surface area (Å²) in [6.07, 6.45) is 10.7. The molecule has 2 unspecified atom stereocenters. The van der Waals surface area contributed by atoms with Gasteiger partial charge in [0.05, 0.1) is 11.8 Å². The summed E-state index contributed by atoms with van der Waals surface area (Å²) in [5.74, 6) is -0.0701. The second-order valence-corrected chi connectivity index (χ2v) is 10.00. The molecule has 3 atom stereocenters. The zero-order chi connectivity index (χ0) is 23.6. The number of carbonyl (C=O) groups is 2. The van der Waals surface area contributed by atoms with Crippen LogP contribution in [0.2, 0.25) is 0 Å². The Hall–Kier alpha value is -3.07. The number of hydrogen-bond donors (Lipinski definition) is 2. The largest absolute Gasteiger partial charge is 0.391 e. The van der Waals surface area contributed by atoms with Crippen molar-refractivity contribution in [3.63, 3.8) is 0 Å². The number of nitrogens with one attached hydrogen (secondary N) is 1. The molecule has 0 spiro atoms. The van der Waals surface area contributed by atoms with E-state index in [0.29, 0.717) is 12.5 Å². The van der Waals surface area contributed by atoms with Crippen LogP contribution in [0.4, 0.5) is 0 Å². The van der Waals surface area contributed by atoms with Crippen molar-refractivity contribution in [3.8, 4) is 0 Å². The number of aliphatic hydroxyl groups is 1. The molecule has 9 heteroatoms. The fraction of sp³-hybridized carbons (Fsp3) is 0.542. The molecule has 1 aliphatic heterocycles. The first-order valence-electron chi connectivity index (χ1n) is 11.5. The lowest BCUT2D eigenvalue weighted by Gasteiger charge is -2.34. The van der Waals surface area contributed by atoms with Crippen molar-refractivity contribution in [1.29, 1.82) is 0 Å². The summed E-state index contributed by atoms with van der Waals surface area (Å²) < 4.78 is 1.63. The molecule has 2 amide bonds. The summed E-state index contributed by atoms with van der Waals surface area (Å²) in [6, 6.07) is 2.42. The van der Waals surface area contributed by atoms with Gasteiger partial charge in [0.1, 0.15) is 12.1 Å². The molecule has 2 aliphatic rings. The lowest BCUT2D eigenvalue weighted by molar-refractivity contribution is -0.144. The summed E-state index contributed by atoms with van der Waals surface area (Å²) in [4.78, 5) is 32.2. The number of rotatable bonds is 7. The van der Waals surface area contributed by atoms with Gasteiger partial charge in [0, 0.05) is 44.0 Å². The number of β-amino-alcohol motifs (C(OH)–C–C–N with tert-alkyl or cyclic N) is 1. The average molecular weight is 453 g/mol. The van der Waals surface area contributed by atoms with E-state index in [2.05, 4.69) is 20.6 Å². The minimum absolute atomic E-state index is 0.124. The highest BCUT2D eigenvalue weighted by molar-refractivity contribution is 5.90.